The molecule has 9 heteroatoms. The fourth-order valence-corrected chi connectivity index (χ4v) is 3.40. The lowest BCUT2D eigenvalue weighted by molar-refractivity contribution is -0.128. The fraction of sp³-hybridized carbons (Fsp3) is 0.900. The average Bonchev–Trinajstić information content (AvgIpc) is 2.36. The molecule has 0 bridgehead atoms. The molecular formula is C10H22ClN3O4S. The first-order chi connectivity index (χ1) is 8.30. The van der Waals surface area contributed by atoms with Crippen molar-refractivity contribution in [3.63, 3.8) is 0 Å². The van der Waals surface area contributed by atoms with E-state index in [4.69, 9.17) is 10.5 Å². The normalized spacial score (nSPS) is 22.4. The third-order valence-corrected chi connectivity index (χ3v) is 5.11. The highest BCUT2D eigenvalue weighted by atomic mass is 35.5. The Morgan fingerprint density at radius 2 is 2.11 bits per heavy atom. The van der Waals surface area contributed by atoms with Crippen molar-refractivity contribution < 1.29 is 17.9 Å². The summed E-state index contributed by atoms with van der Waals surface area (Å²) < 4.78 is 31.2. The monoisotopic (exact) mass is 315 g/mol. The number of carbonyl (C=O) groups excluding carboxylic acids is 1. The van der Waals surface area contributed by atoms with Crippen molar-refractivity contribution in [2.24, 2.45) is 5.73 Å². The number of rotatable bonds is 4. The number of hydrogen-bond donors (Lipinski definition) is 1. The minimum atomic E-state index is -3.64. The van der Waals surface area contributed by atoms with Crippen LogP contribution in [-0.4, -0.2) is 75.2 Å². The minimum Gasteiger partial charge on any atom is -0.374 e. The third-order valence-electron chi connectivity index (χ3n) is 2.96. The minimum absolute atomic E-state index is 0. The van der Waals surface area contributed by atoms with E-state index in [1.807, 2.05) is 0 Å². The third kappa shape index (κ3) is 4.28. The lowest BCUT2D eigenvalue weighted by atomic mass is 10.3. The summed E-state index contributed by atoms with van der Waals surface area (Å²) in [6.07, 6.45) is -0.296. The van der Waals surface area contributed by atoms with Crippen molar-refractivity contribution in [2.75, 3.05) is 40.3 Å². The zero-order valence-corrected chi connectivity index (χ0v) is 13.0. The zero-order valence-electron chi connectivity index (χ0n) is 11.4. The number of halogens is 1. The van der Waals surface area contributed by atoms with E-state index >= 15 is 0 Å². The van der Waals surface area contributed by atoms with E-state index in [2.05, 4.69) is 0 Å². The molecule has 0 aromatic heterocycles. The van der Waals surface area contributed by atoms with E-state index in [9.17, 15) is 13.2 Å². The summed E-state index contributed by atoms with van der Waals surface area (Å²) in [7, 11) is -0.567. The van der Waals surface area contributed by atoms with Crippen LogP contribution in [0.5, 0.6) is 0 Å². The van der Waals surface area contributed by atoms with Crippen LogP contribution in [0.15, 0.2) is 0 Å². The van der Waals surface area contributed by atoms with Crippen molar-refractivity contribution in [3.05, 3.63) is 0 Å². The van der Waals surface area contributed by atoms with E-state index < -0.39 is 21.2 Å². The molecule has 1 saturated heterocycles. The summed E-state index contributed by atoms with van der Waals surface area (Å²) in [5, 5.41) is -1.08. The largest absolute Gasteiger partial charge is 0.374 e. The van der Waals surface area contributed by atoms with Gasteiger partial charge < -0.3 is 15.4 Å². The SMILES string of the molecule is CC(C(=O)N(C)C)S(=O)(=O)N1CCOC(CN)C1.Cl. The molecule has 1 amide bonds. The number of nitrogens with zero attached hydrogens (tertiary/aromatic N) is 2. The molecule has 1 aliphatic rings. The first-order valence-electron chi connectivity index (χ1n) is 5.82. The quantitative estimate of drug-likeness (QED) is 0.709. The molecule has 0 aromatic rings. The number of sulfonamides is 1. The average molecular weight is 316 g/mol. The van der Waals surface area contributed by atoms with Crippen LogP contribution in [0.3, 0.4) is 0 Å². The molecule has 19 heavy (non-hydrogen) atoms. The topological polar surface area (TPSA) is 92.9 Å². The van der Waals surface area contributed by atoms with Crippen LogP contribution in [0.2, 0.25) is 0 Å². The van der Waals surface area contributed by atoms with Crippen molar-refractivity contribution in [2.45, 2.75) is 18.3 Å². The Labute approximate surface area is 120 Å². The Bertz CT molecular complexity index is 402. The number of amides is 1. The van der Waals surface area contributed by atoms with Gasteiger partial charge in [-0.3, -0.25) is 4.79 Å². The van der Waals surface area contributed by atoms with Crippen LogP contribution in [-0.2, 0) is 19.6 Å². The molecule has 0 aromatic carbocycles. The van der Waals surface area contributed by atoms with Crippen molar-refractivity contribution in [1.82, 2.24) is 9.21 Å². The van der Waals surface area contributed by atoms with Crippen LogP contribution >= 0.6 is 12.4 Å². The molecule has 0 spiro atoms. The van der Waals surface area contributed by atoms with Gasteiger partial charge in [0.05, 0.1) is 12.7 Å². The summed E-state index contributed by atoms with van der Waals surface area (Å²) in [4.78, 5) is 13.0. The molecule has 1 fully saturated rings. The maximum absolute atomic E-state index is 12.3. The van der Waals surface area contributed by atoms with Crippen molar-refractivity contribution in [1.29, 1.82) is 0 Å². The van der Waals surface area contributed by atoms with Crippen LogP contribution in [0.4, 0.5) is 0 Å². The van der Waals surface area contributed by atoms with E-state index in [1.54, 1.807) is 0 Å². The number of hydrogen-bond acceptors (Lipinski definition) is 5. The Balaban J connectivity index is 0.00000324. The fourth-order valence-electron chi connectivity index (χ4n) is 1.78. The maximum atomic E-state index is 12.3. The lowest BCUT2D eigenvalue weighted by Crippen LogP contribution is -2.52. The highest BCUT2D eigenvalue weighted by Crippen LogP contribution is 2.15. The van der Waals surface area contributed by atoms with Gasteiger partial charge in [0, 0.05) is 33.7 Å². The van der Waals surface area contributed by atoms with Gasteiger partial charge in [0.2, 0.25) is 15.9 Å². The van der Waals surface area contributed by atoms with Crippen molar-refractivity contribution >= 4 is 28.3 Å². The van der Waals surface area contributed by atoms with Gasteiger partial charge in [0.1, 0.15) is 0 Å². The standard InChI is InChI=1S/C10H21N3O4S.ClH/c1-8(10(14)12(2)3)18(15,16)13-4-5-17-9(6-11)7-13;/h8-9H,4-7,11H2,1-3H3;1H. The van der Waals surface area contributed by atoms with E-state index in [-0.39, 0.29) is 38.1 Å². The molecule has 2 unspecified atom stereocenters. The Morgan fingerprint density at radius 1 is 1.53 bits per heavy atom. The van der Waals surface area contributed by atoms with Gasteiger partial charge in [-0.05, 0) is 6.92 Å². The molecule has 1 rings (SSSR count). The molecule has 0 aliphatic carbocycles. The summed E-state index contributed by atoms with van der Waals surface area (Å²) in [5.74, 6) is -0.425. The molecule has 0 radical (unpaired) electrons. The Kier molecular flexibility index (Phi) is 7.23. The van der Waals surface area contributed by atoms with E-state index in [0.29, 0.717) is 6.61 Å². The molecule has 0 saturated carbocycles. The predicted molar refractivity (Wildman–Crippen MR) is 74.7 cm³/mol. The van der Waals surface area contributed by atoms with Gasteiger partial charge in [-0.1, -0.05) is 0 Å². The first kappa shape index (κ1) is 18.6. The predicted octanol–water partition coefficient (Wildman–Crippen LogP) is -1.13. The molecule has 114 valence electrons. The van der Waals surface area contributed by atoms with Crippen LogP contribution in [0.25, 0.3) is 0 Å². The Hall–Kier alpha value is -0.410. The smallest absolute Gasteiger partial charge is 0.241 e. The van der Waals surface area contributed by atoms with Gasteiger partial charge >= 0.3 is 0 Å². The first-order valence-corrected chi connectivity index (χ1v) is 7.32. The maximum Gasteiger partial charge on any atom is 0.241 e. The molecule has 1 heterocycles. The number of carbonyl (C=O) groups is 1. The second kappa shape index (κ2) is 7.39. The molecule has 2 N–H and O–H groups in total. The van der Waals surface area contributed by atoms with Crippen LogP contribution < -0.4 is 5.73 Å². The van der Waals surface area contributed by atoms with E-state index in [1.165, 1.54) is 30.2 Å². The highest BCUT2D eigenvalue weighted by molar-refractivity contribution is 7.90. The number of ether oxygens (including phenoxy) is 1. The number of nitrogens with two attached hydrogens (primary N) is 1. The summed E-state index contributed by atoms with van der Waals surface area (Å²) in [6.45, 7) is 2.46. The van der Waals surface area contributed by atoms with Crippen LogP contribution in [0.1, 0.15) is 6.92 Å². The molecular weight excluding hydrogens is 294 g/mol. The van der Waals surface area contributed by atoms with Gasteiger partial charge in [-0.2, -0.15) is 4.31 Å². The van der Waals surface area contributed by atoms with E-state index in [0.717, 1.165) is 0 Å². The second-order valence-electron chi connectivity index (χ2n) is 4.51. The summed E-state index contributed by atoms with van der Waals surface area (Å²) >= 11 is 0. The molecule has 1 aliphatic heterocycles. The zero-order chi connectivity index (χ0) is 13.9. The van der Waals surface area contributed by atoms with Crippen LogP contribution in [0, 0.1) is 0 Å². The van der Waals surface area contributed by atoms with Crippen molar-refractivity contribution in [3.8, 4) is 0 Å². The number of morpholine rings is 1. The van der Waals surface area contributed by atoms with Gasteiger partial charge in [0.25, 0.3) is 0 Å². The molecule has 7 nitrogen and oxygen atoms in total. The van der Waals surface area contributed by atoms with Gasteiger partial charge in [0.15, 0.2) is 5.25 Å². The Morgan fingerprint density at radius 3 is 2.58 bits per heavy atom. The summed E-state index contributed by atoms with van der Waals surface area (Å²) in [6, 6.07) is 0. The van der Waals surface area contributed by atoms with Gasteiger partial charge in [-0.15, -0.1) is 12.4 Å². The molecule has 2 atom stereocenters. The summed E-state index contributed by atoms with van der Waals surface area (Å²) in [5.41, 5.74) is 5.47. The lowest BCUT2D eigenvalue weighted by Gasteiger charge is -2.33. The van der Waals surface area contributed by atoms with Gasteiger partial charge in [-0.25, -0.2) is 8.42 Å². The second-order valence-corrected chi connectivity index (χ2v) is 6.76. The highest BCUT2D eigenvalue weighted by Gasteiger charge is 2.37.